The number of carboxylic acid groups (broad SMARTS) is 1. The molecule has 1 heterocycles. The lowest BCUT2D eigenvalue weighted by Gasteiger charge is -2.27. The van der Waals surface area contributed by atoms with Crippen molar-refractivity contribution in [1.29, 1.82) is 0 Å². The van der Waals surface area contributed by atoms with E-state index in [9.17, 15) is 13.6 Å². The number of nitrogens with zero attached hydrogens (tertiary/aromatic N) is 2. The maximum absolute atomic E-state index is 14.2. The Balaban J connectivity index is 2.70. The third kappa shape index (κ3) is 2.88. The molecule has 2 rings (SSSR count). The molecule has 0 fully saturated rings. The van der Waals surface area contributed by atoms with Crippen molar-refractivity contribution in [2.45, 2.75) is 37.9 Å². The molecule has 1 aromatic heterocycles. The van der Waals surface area contributed by atoms with Gasteiger partial charge in [0.05, 0.1) is 11.3 Å². The number of halogens is 2. The fraction of sp³-hybridized carbons (Fsp3) is 0.429. The molecule has 114 valence electrons. The van der Waals surface area contributed by atoms with Crippen LogP contribution in [-0.2, 0) is 10.3 Å². The van der Waals surface area contributed by atoms with Gasteiger partial charge in [-0.3, -0.25) is 4.79 Å². The minimum Gasteiger partial charge on any atom is -0.481 e. The van der Waals surface area contributed by atoms with Gasteiger partial charge in [-0.2, -0.15) is 0 Å². The molecule has 21 heavy (non-hydrogen) atoms. The first-order chi connectivity index (χ1) is 9.77. The van der Waals surface area contributed by atoms with E-state index in [4.69, 9.17) is 5.11 Å². The monoisotopic (exact) mass is 314 g/mol. The Morgan fingerprint density at radius 2 is 2.10 bits per heavy atom. The zero-order valence-electron chi connectivity index (χ0n) is 12.0. The molecule has 0 unspecified atom stereocenters. The van der Waals surface area contributed by atoms with Crippen LogP contribution in [0.15, 0.2) is 17.3 Å². The number of carbonyl (C=O) groups is 1. The Labute approximate surface area is 125 Å². The summed E-state index contributed by atoms with van der Waals surface area (Å²) in [5.74, 6) is -3.07. The smallest absolute Gasteiger partial charge is 0.313 e. The molecule has 0 atom stereocenters. The number of aromatic nitrogens is 2. The van der Waals surface area contributed by atoms with Crippen LogP contribution in [0.3, 0.4) is 0 Å². The minimum atomic E-state index is -0.987. The average Bonchev–Trinajstić information content (AvgIpc) is 2.80. The van der Waals surface area contributed by atoms with Crippen LogP contribution >= 0.6 is 11.8 Å². The number of imidazole rings is 1. The standard InChI is InChI=1S/C14H16F2N2O2S/c1-4-14(2,3)18-12-9(6-5-8(15)11(12)16)17-13(18)21-7-10(19)20/h5-6H,4,7H2,1-3H3,(H,19,20). The van der Waals surface area contributed by atoms with Crippen molar-refractivity contribution in [2.24, 2.45) is 0 Å². The zero-order chi connectivity index (χ0) is 15.8. The van der Waals surface area contributed by atoms with Gasteiger partial charge in [-0.1, -0.05) is 18.7 Å². The van der Waals surface area contributed by atoms with Gasteiger partial charge in [0.15, 0.2) is 16.8 Å². The van der Waals surface area contributed by atoms with Gasteiger partial charge in [-0.05, 0) is 32.4 Å². The highest BCUT2D eigenvalue weighted by molar-refractivity contribution is 7.99. The molecule has 1 aromatic carbocycles. The molecule has 0 saturated carbocycles. The van der Waals surface area contributed by atoms with E-state index in [-0.39, 0.29) is 11.3 Å². The predicted octanol–water partition coefficient (Wildman–Crippen LogP) is 3.64. The summed E-state index contributed by atoms with van der Waals surface area (Å²) in [4.78, 5) is 15.0. The average molecular weight is 314 g/mol. The molecule has 1 N–H and O–H groups in total. The normalized spacial score (nSPS) is 12.0. The molecular weight excluding hydrogens is 298 g/mol. The molecule has 0 aliphatic rings. The van der Waals surface area contributed by atoms with Gasteiger partial charge in [0.2, 0.25) is 0 Å². The zero-order valence-corrected chi connectivity index (χ0v) is 12.8. The van der Waals surface area contributed by atoms with Gasteiger partial charge < -0.3 is 9.67 Å². The Kier molecular flexibility index (Phi) is 4.22. The highest BCUT2D eigenvalue weighted by Crippen LogP contribution is 2.34. The second-order valence-corrected chi connectivity index (χ2v) is 6.25. The van der Waals surface area contributed by atoms with Crippen molar-refractivity contribution in [2.75, 3.05) is 5.75 Å². The van der Waals surface area contributed by atoms with E-state index in [0.29, 0.717) is 17.1 Å². The Bertz CT molecular complexity index is 698. The molecule has 0 radical (unpaired) electrons. The van der Waals surface area contributed by atoms with E-state index in [1.54, 1.807) is 4.57 Å². The number of hydrogen-bond donors (Lipinski definition) is 1. The van der Waals surface area contributed by atoms with Crippen molar-refractivity contribution in [3.8, 4) is 0 Å². The van der Waals surface area contributed by atoms with Crippen LogP contribution in [-0.4, -0.2) is 26.4 Å². The minimum absolute atomic E-state index is 0.0785. The van der Waals surface area contributed by atoms with E-state index in [1.165, 1.54) is 6.07 Å². The van der Waals surface area contributed by atoms with Crippen LogP contribution < -0.4 is 0 Å². The number of carboxylic acids is 1. The first-order valence-electron chi connectivity index (χ1n) is 6.49. The molecule has 0 bridgehead atoms. The number of hydrogen-bond acceptors (Lipinski definition) is 3. The fourth-order valence-corrected chi connectivity index (χ4v) is 2.91. The highest BCUT2D eigenvalue weighted by Gasteiger charge is 2.27. The van der Waals surface area contributed by atoms with Crippen LogP contribution in [0.5, 0.6) is 0 Å². The van der Waals surface area contributed by atoms with E-state index in [0.717, 1.165) is 17.8 Å². The van der Waals surface area contributed by atoms with Crippen LogP contribution in [0.1, 0.15) is 27.2 Å². The Morgan fingerprint density at radius 1 is 1.43 bits per heavy atom. The van der Waals surface area contributed by atoms with Crippen molar-refractivity contribution in [3.63, 3.8) is 0 Å². The van der Waals surface area contributed by atoms with Crippen LogP contribution in [0.2, 0.25) is 0 Å². The Morgan fingerprint density at radius 3 is 2.67 bits per heavy atom. The van der Waals surface area contributed by atoms with E-state index in [1.807, 2.05) is 20.8 Å². The lowest BCUT2D eigenvalue weighted by atomic mass is 10.0. The van der Waals surface area contributed by atoms with E-state index < -0.39 is 23.1 Å². The van der Waals surface area contributed by atoms with Crippen molar-refractivity contribution in [3.05, 3.63) is 23.8 Å². The molecule has 0 aliphatic carbocycles. The number of thioether (sulfide) groups is 1. The second-order valence-electron chi connectivity index (χ2n) is 5.31. The molecule has 0 saturated heterocycles. The molecular formula is C14H16F2N2O2S. The highest BCUT2D eigenvalue weighted by atomic mass is 32.2. The number of rotatable bonds is 5. The largest absolute Gasteiger partial charge is 0.481 e. The molecule has 0 spiro atoms. The van der Waals surface area contributed by atoms with Gasteiger partial charge >= 0.3 is 5.97 Å². The summed E-state index contributed by atoms with van der Waals surface area (Å²) in [6, 6.07) is 2.43. The fourth-order valence-electron chi connectivity index (χ4n) is 2.02. The van der Waals surface area contributed by atoms with Crippen molar-refractivity contribution < 1.29 is 18.7 Å². The van der Waals surface area contributed by atoms with Crippen LogP contribution in [0.4, 0.5) is 8.78 Å². The summed E-state index contributed by atoms with van der Waals surface area (Å²) in [6.45, 7) is 5.68. The molecule has 7 heteroatoms. The van der Waals surface area contributed by atoms with Gasteiger partial charge in [-0.25, -0.2) is 13.8 Å². The quantitative estimate of drug-likeness (QED) is 0.856. The number of fused-ring (bicyclic) bond motifs is 1. The lowest BCUT2D eigenvalue weighted by molar-refractivity contribution is -0.133. The molecule has 2 aromatic rings. The third-order valence-electron chi connectivity index (χ3n) is 3.47. The molecule has 0 amide bonds. The SMILES string of the molecule is CCC(C)(C)n1c(SCC(=O)O)nc2ccc(F)c(F)c21. The van der Waals surface area contributed by atoms with Gasteiger partial charge in [0.25, 0.3) is 0 Å². The first kappa shape index (κ1) is 15.8. The summed E-state index contributed by atoms with van der Waals surface area (Å²) in [6.07, 6.45) is 0.662. The summed E-state index contributed by atoms with van der Waals surface area (Å²) in [7, 11) is 0. The van der Waals surface area contributed by atoms with Crippen molar-refractivity contribution >= 4 is 28.8 Å². The summed E-state index contributed by atoms with van der Waals surface area (Å²) >= 11 is 1.00. The summed E-state index contributed by atoms with van der Waals surface area (Å²) in [5, 5.41) is 9.19. The maximum atomic E-state index is 14.2. The van der Waals surface area contributed by atoms with E-state index in [2.05, 4.69) is 4.98 Å². The van der Waals surface area contributed by atoms with Crippen LogP contribution in [0.25, 0.3) is 11.0 Å². The molecule has 4 nitrogen and oxygen atoms in total. The Hall–Kier alpha value is -1.63. The third-order valence-corrected chi connectivity index (χ3v) is 4.40. The second kappa shape index (κ2) is 5.63. The topological polar surface area (TPSA) is 55.1 Å². The molecule has 0 aliphatic heterocycles. The number of aliphatic carboxylic acids is 1. The number of benzene rings is 1. The summed E-state index contributed by atoms with van der Waals surface area (Å²) in [5.41, 5.74) is -0.109. The maximum Gasteiger partial charge on any atom is 0.313 e. The predicted molar refractivity (Wildman–Crippen MR) is 77.6 cm³/mol. The van der Waals surface area contributed by atoms with Gasteiger partial charge in [-0.15, -0.1) is 0 Å². The first-order valence-corrected chi connectivity index (χ1v) is 7.48. The van der Waals surface area contributed by atoms with E-state index >= 15 is 0 Å². The van der Waals surface area contributed by atoms with Gasteiger partial charge in [0, 0.05) is 5.54 Å². The lowest BCUT2D eigenvalue weighted by Crippen LogP contribution is -2.26. The van der Waals surface area contributed by atoms with Crippen LogP contribution in [0, 0.1) is 11.6 Å². The summed E-state index contributed by atoms with van der Waals surface area (Å²) < 4.78 is 29.3. The van der Waals surface area contributed by atoms with Crippen molar-refractivity contribution in [1.82, 2.24) is 9.55 Å². The van der Waals surface area contributed by atoms with Gasteiger partial charge in [0.1, 0.15) is 5.52 Å².